The first kappa shape index (κ1) is 14.5. The molecular weight excluding hydrogens is 258 g/mol. The van der Waals surface area contributed by atoms with Crippen LogP contribution in [0.15, 0.2) is 36.7 Å². The van der Waals surface area contributed by atoms with Gasteiger partial charge in [-0.05, 0) is 36.9 Å². The SMILES string of the molecule is CCN(Cc1cncc2ccccc12)CC1CCCCN1. The van der Waals surface area contributed by atoms with E-state index in [0.29, 0.717) is 6.04 Å². The summed E-state index contributed by atoms with van der Waals surface area (Å²) in [5.41, 5.74) is 1.34. The molecule has 0 saturated carbocycles. The highest BCUT2D eigenvalue weighted by Gasteiger charge is 2.16. The lowest BCUT2D eigenvalue weighted by Gasteiger charge is -2.30. The molecule has 0 amide bonds. The van der Waals surface area contributed by atoms with Crippen LogP contribution in [-0.2, 0) is 6.54 Å². The number of nitrogens with one attached hydrogen (secondary N) is 1. The van der Waals surface area contributed by atoms with Gasteiger partial charge in [0.05, 0.1) is 0 Å². The van der Waals surface area contributed by atoms with E-state index in [9.17, 15) is 0 Å². The number of rotatable bonds is 5. The van der Waals surface area contributed by atoms with E-state index in [0.717, 1.165) is 19.6 Å². The first-order valence-corrected chi connectivity index (χ1v) is 8.14. The van der Waals surface area contributed by atoms with Gasteiger partial charge < -0.3 is 5.32 Å². The first-order valence-electron chi connectivity index (χ1n) is 8.14. The van der Waals surface area contributed by atoms with E-state index >= 15 is 0 Å². The molecule has 2 aromatic rings. The fraction of sp³-hybridized carbons (Fsp3) is 0.500. The number of likely N-dealkylation sites (N-methyl/N-ethyl adjacent to an activating group) is 1. The van der Waals surface area contributed by atoms with Crippen LogP contribution < -0.4 is 5.32 Å². The third kappa shape index (κ3) is 3.60. The molecule has 0 spiro atoms. The molecule has 1 aromatic carbocycles. The number of piperidine rings is 1. The van der Waals surface area contributed by atoms with Gasteiger partial charge in [-0.3, -0.25) is 9.88 Å². The zero-order chi connectivity index (χ0) is 14.5. The zero-order valence-electron chi connectivity index (χ0n) is 12.9. The number of hydrogen-bond acceptors (Lipinski definition) is 3. The third-order valence-electron chi connectivity index (χ3n) is 4.48. The average molecular weight is 283 g/mol. The molecule has 3 heteroatoms. The summed E-state index contributed by atoms with van der Waals surface area (Å²) < 4.78 is 0. The van der Waals surface area contributed by atoms with E-state index < -0.39 is 0 Å². The van der Waals surface area contributed by atoms with Crippen LogP contribution >= 0.6 is 0 Å². The molecular formula is C18H25N3. The van der Waals surface area contributed by atoms with E-state index in [-0.39, 0.29) is 0 Å². The Labute approximate surface area is 127 Å². The smallest absolute Gasteiger partial charge is 0.0346 e. The number of nitrogens with zero attached hydrogens (tertiary/aromatic N) is 2. The molecule has 3 nitrogen and oxygen atoms in total. The Hall–Kier alpha value is -1.45. The maximum atomic E-state index is 4.40. The first-order chi connectivity index (χ1) is 10.4. The fourth-order valence-corrected chi connectivity index (χ4v) is 3.24. The van der Waals surface area contributed by atoms with Gasteiger partial charge in [0.25, 0.3) is 0 Å². The van der Waals surface area contributed by atoms with Gasteiger partial charge in [-0.2, -0.15) is 0 Å². The minimum absolute atomic E-state index is 0.654. The summed E-state index contributed by atoms with van der Waals surface area (Å²) in [5, 5.41) is 6.22. The molecule has 2 heterocycles. The molecule has 0 aliphatic carbocycles. The van der Waals surface area contributed by atoms with E-state index in [1.807, 2.05) is 12.4 Å². The predicted octanol–water partition coefficient (Wildman–Crippen LogP) is 3.20. The summed E-state index contributed by atoms with van der Waals surface area (Å²) in [7, 11) is 0. The van der Waals surface area contributed by atoms with Crippen LogP contribution in [0.2, 0.25) is 0 Å². The summed E-state index contributed by atoms with van der Waals surface area (Å²) in [6.07, 6.45) is 7.99. The molecule has 0 bridgehead atoms. The Kier molecular flexibility index (Phi) is 4.84. The van der Waals surface area contributed by atoms with Crippen molar-refractivity contribution in [3.8, 4) is 0 Å². The van der Waals surface area contributed by atoms with Crippen LogP contribution in [0.3, 0.4) is 0 Å². The van der Waals surface area contributed by atoms with Crippen LogP contribution in [0.4, 0.5) is 0 Å². The van der Waals surface area contributed by atoms with E-state index in [2.05, 4.69) is 46.4 Å². The van der Waals surface area contributed by atoms with E-state index in [1.165, 1.54) is 42.1 Å². The van der Waals surface area contributed by atoms with Crippen LogP contribution in [0.1, 0.15) is 31.7 Å². The van der Waals surface area contributed by atoms with Gasteiger partial charge in [0, 0.05) is 36.9 Å². The lowest BCUT2D eigenvalue weighted by molar-refractivity contribution is 0.227. The quantitative estimate of drug-likeness (QED) is 0.913. The summed E-state index contributed by atoms with van der Waals surface area (Å²) in [5.74, 6) is 0. The average Bonchev–Trinajstić information content (AvgIpc) is 2.55. The topological polar surface area (TPSA) is 28.2 Å². The second kappa shape index (κ2) is 7.01. The fourth-order valence-electron chi connectivity index (χ4n) is 3.24. The lowest BCUT2D eigenvalue weighted by Crippen LogP contribution is -2.43. The highest BCUT2D eigenvalue weighted by molar-refractivity contribution is 5.84. The molecule has 1 aliphatic rings. The molecule has 0 radical (unpaired) electrons. The second-order valence-corrected chi connectivity index (χ2v) is 5.99. The van der Waals surface area contributed by atoms with Crippen molar-refractivity contribution in [1.29, 1.82) is 0 Å². The van der Waals surface area contributed by atoms with Crippen molar-refractivity contribution >= 4 is 10.8 Å². The van der Waals surface area contributed by atoms with E-state index in [4.69, 9.17) is 0 Å². The van der Waals surface area contributed by atoms with Gasteiger partial charge in [-0.15, -0.1) is 0 Å². The lowest BCUT2D eigenvalue weighted by atomic mass is 10.0. The Morgan fingerprint density at radius 3 is 2.95 bits per heavy atom. The number of aromatic nitrogens is 1. The van der Waals surface area contributed by atoms with Crippen molar-refractivity contribution in [3.05, 3.63) is 42.2 Å². The molecule has 1 unspecified atom stereocenters. The molecule has 1 atom stereocenters. The second-order valence-electron chi connectivity index (χ2n) is 5.99. The number of hydrogen-bond donors (Lipinski definition) is 1. The molecule has 1 aromatic heterocycles. The summed E-state index contributed by atoms with van der Waals surface area (Å²) in [6.45, 7) is 6.64. The maximum Gasteiger partial charge on any atom is 0.0346 e. The molecule has 1 aliphatic heterocycles. The Morgan fingerprint density at radius 1 is 1.24 bits per heavy atom. The Bertz CT molecular complexity index is 570. The highest BCUT2D eigenvalue weighted by atomic mass is 15.1. The zero-order valence-corrected chi connectivity index (χ0v) is 12.9. The third-order valence-corrected chi connectivity index (χ3v) is 4.48. The number of pyridine rings is 1. The molecule has 1 N–H and O–H groups in total. The number of benzene rings is 1. The monoisotopic (exact) mass is 283 g/mol. The molecule has 3 rings (SSSR count). The van der Waals surface area contributed by atoms with Gasteiger partial charge in [0.15, 0.2) is 0 Å². The van der Waals surface area contributed by atoms with Crippen LogP contribution in [0.25, 0.3) is 10.8 Å². The van der Waals surface area contributed by atoms with Gasteiger partial charge in [0.2, 0.25) is 0 Å². The largest absolute Gasteiger partial charge is 0.313 e. The van der Waals surface area contributed by atoms with Crippen molar-refractivity contribution in [2.75, 3.05) is 19.6 Å². The van der Waals surface area contributed by atoms with Crippen molar-refractivity contribution < 1.29 is 0 Å². The van der Waals surface area contributed by atoms with Gasteiger partial charge in [0.1, 0.15) is 0 Å². The van der Waals surface area contributed by atoms with Crippen LogP contribution in [-0.4, -0.2) is 35.6 Å². The molecule has 1 fully saturated rings. The van der Waals surface area contributed by atoms with E-state index in [1.54, 1.807) is 0 Å². The van der Waals surface area contributed by atoms with Crippen molar-refractivity contribution in [3.63, 3.8) is 0 Å². The Morgan fingerprint density at radius 2 is 2.14 bits per heavy atom. The normalized spacial score (nSPS) is 19.2. The van der Waals surface area contributed by atoms with Crippen LogP contribution in [0, 0.1) is 0 Å². The summed E-state index contributed by atoms with van der Waals surface area (Å²) in [4.78, 5) is 6.94. The van der Waals surface area contributed by atoms with Crippen molar-refractivity contribution in [2.45, 2.75) is 38.8 Å². The van der Waals surface area contributed by atoms with Gasteiger partial charge in [-0.25, -0.2) is 0 Å². The Balaban J connectivity index is 1.72. The minimum Gasteiger partial charge on any atom is -0.313 e. The van der Waals surface area contributed by atoms with Gasteiger partial charge >= 0.3 is 0 Å². The van der Waals surface area contributed by atoms with Crippen molar-refractivity contribution in [2.24, 2.45) is 0 Å². The summed E-state index contributed by atoms with van der Waals surface area (Å²) in [6, 6.07) is 9.20. The van der Waals surface area contributed by atoms with Gasteiger partial charge in [-0.1, -0.05) is 37.6 Å². The molecule has 112 valence electrons. The van der Waals surface area contributed by atoms with Crippen molar-refractivity contribution in [1.82, 2.24) is 15.2 Å². The summed E-state index contributed by atoms with van der Waals surface area (Å²) >= 11 is 0. The predicted molar refractivity (Wildman–Crippen MR) is 88.3 cm³/mol. The maximum absolute atomic E-state index is 4.40. The number of fused-ring (bicyclic) bond motifs is 1. The molecule has 1 saturated heterocycles. The standard InChI is InChI=1S/C18H25N3/c1-2-21(14-17-8-5-6-10-20-17)13-16-12-19-11-15-7-3-4-9-18(15)16/h3-4,7,9,11-12,17,20H,2,5-6,8,10,13-14H2,1H3. The molecule has 21 heavy (non-hydrogen) atoms. The highest BCUT2D eigenvalue weighted by Crippen LogP contribution is 2.19. The minimum atomic E-state index is 0.654. The van der Waals surface area contributed by atoms with Crippen LogP contribution in [0.5, 0.6) is 0 Å².